The Kier molecular flexibility index (Phi) is 3.72. The van der Waals surface area contributed by atoms with Gasteiger partial charge >= 0.3 is 0 Å². The van der Waals surface area contributed by atoms with Crippen LogP contribution in [0.3, 0.4) is 0 Å². The van der Waals surface area contributed by atoms with Crippen LogP contribution < -0.4 is 4.74 Å². The maximum absolute atomic E-state index is 12.1. The normalized spacial score (nSPS) is 10.3. The van der Waals surface area contributed by atoms with Crippen molar-refractivity contribution in [3.63, 3.8) is 0 Å². The fourth-order valence-corrected chi connectivity index (χ4v) is 1.72. The molecule has 18 heavy (non-hydrogen) atoms. The van der Waals surface area contributed by atoms with Gasteiger partial charge in [0.25, 0.3) is 0 Å². The number of hydrogen-bond donors (Lipinski definition) is 0. The smallest absolute Gasteiger partial charge is 0.224 e. The topological polar surface area (TPSA) is 57.0 Å². The molecule has 5 heteroatoms. The molecule has 0 unspecified atom stereocenters. The summed E-state index contributed by atoms with van der Waals surface area (Å²) in [5.74, 6) is 0.348. The Morgan fingerprint density at radius 1 is 1.50 bits per heavy atom. The zero-order chi connectivity index (χ0) is 13.0. The molecule has 0 saturated heterocycles. The molecule has 0 aliphatic heterocycles. The average Bonchev–Trinajstić information content (AvgIpc) is 2.86. The molecule has 0 bridgehead atoms. The van der Waals surface area contributed by atoms with Crippen molar-refractivity contribution < 1.29 is 9.53 Å². The van der Waals surface area contributed by atoms with Gasteiger partial charge in [0.1, 0.15) is 0 Å². The maximum atomic E-state index is 12.1. The lowest BCUT2D eigenvalue weighted by molar-refractivity contribution is 0.0989. The number of hydrogen-bond acceptors (Lipinski definition) is 4. The molecule has 0 aromatic carbocycles. The first-order chi connectivity index (χ1) is 8.74. The number of carbonyl (C=O) groups excluding carboxylic acids is 1. The van der Waals surface area contributed by atoms with Crippen molar-refractivity contribution in [2.75, 3.05) is 7.11 Å². The lowest BCUT2D eigenvalue weighted by atomic mass is 10.1. The lowest BCUT2D eigenvalue weighted by Crippen LogP contribution is -2.06. The van der Waals surface area contributed by atoms with Crippen LogP contribution >= 0.6 is 0 Å². The van der Waals surface area contributed by atoms with E-state index in [2.05, 4.69) is 10.1 Å². The number of ether oxygens (including phenoxy) is 1. The van der Waals surface area contributed by atoms with Crippen LogP contribution in [0.2, 0.25) is 0 Å². The molecule has 94 valence electrons. The Morgan fingerprint density at radius 3 is 3.00 bits per heavy atom. The van der Waals surface area contributed by atoms with Crippen LogP contribution in [-0.4, -0.2) is 27.7 Å². The molecular formula is C13H15N3O2. The van der Waals surface area contributed by atoms with Gasteiger partial charge in [0, 0.05) is 25.4 Å². The molecule has 2 rings (SSSR count). The highest BCUT2D eigenvalue weighted by atomic mass is 16.5. The molecule has 0 spiro atoms. The predicted molar refractivity (Wildman–Crippen MR) is 66.7 cm³/mol. The fourth-order valence-electron chi connectivity index (χ4n) is 1.72. The molecule has 0 aliphatic carbocycles. The number of aromatic nitrogens is 3. The van der Waals surface area contributed by atoms with Crippen LogP contribution in [0.1, 0.15) is 22.8 Å². The summed E-state index contributed by atoms with van der Waals surface area (Å²) < 4.78 is 6.87. The number of aryl methyl sites for hydroxylation is 1. The minimum atomic E-state index is -0.0180. The molecule has 0 amide bonds. The number of carbonyl (C=O) groups is 1. The Hall–Kier alpha value is -2.17. The molecule has 0 saturated carbocycles. The zero-order valence-corrected chi connectivity index (χ0v) is 10.5. The standard InChI is InChI=1S/C13H15N3O2/c1-3-16-9-10(8-15-16)7-12(17)11-5-4-6-14-13(11)18-2/h4-6,8-9H,3,7H2,1-2H3. The first-order valence-electron chi connectivity index (χ1n) is 5.78. The van der Waals surface area contributed by atoms with Gasteiger partial charge in [-0.05, 0) is 24.6 Å². The van der Waals surface area contributed by atoms with Crippen molar-refractivity contribution in [2.24, 2.45) is 0 Å². The van der Waals surface area contributed by atoms with E-state index in [0.717, 1.165) is 12.1 Å². The molecule has 2 aromatic rings. The van der Waals surface area contributed by atoms with E-state index in [1.165, 1.54) is 7.11 Å². The van der Waals surface area contributed by atoms with Gasteiger partial charge in [-0.3, -0.25) is 9.48 Å². The second kappa shape index (κ2) is 5.44. The summed E-state index contributed by atoms with van der Waals surface area (Å²) in [5.41, 5.74) is 1.40. The van der Waals surface area contributed by atoms with Crippen molar-refractivity contribution in [3.8, 4) is 5.88 Å². The largest absolute Gasteiger partial charge is 0.480 e. The Morgan fingerprint density at radius 2 is 2.33 bits per heavy atom. The highest BCUT2D eigenvalue weighted by molar-refractivity contribution is 5.99. The summed E-state index contributed by atoms with van der Waals surface area (Å²) in [6, 6.07) is 3.45. The van der Waals surface area contributed by atoms with Crippen molar-refractivity contribution in [2.45, 2.75) is 19.9 Å². The van der Waals surface area contributed by atoms with E-state index >= 15 is 0 Å². The van der Waals surface area contributed by atoms with Crippen LogP contribution in [-0.2, 0) is 13.0 Å². The predicted octanol–water partition coefficient (Wildman–Crippen LogP) is 1.73. The van der Waals surface area contributed by atoms with E-state index < -0.39 is 0 Å². The second-order valence-electron chi connectivity index (χ2n) is 3.86. The first-order valence-corrected chi connectivity index (χ1v) is 5.78. The van der Waals surface area contributed by atoms with E-state index in [1.54, 1.807) is 29.2 Å². The number of ketones is 1. The highest BCUT2D eigenvalue weighted by Crippen LogP contribution is 2.16. The molecule has 2 aromatic heterocycles. The van der Waals surface area contributed by atoms with Crippen LogP contribution in [0, 0.1) is 0 Å². The van der Waals surface area contributed by atoms with Gasteiger partial charge in [-0.15, -0.1) is 0 Å². The third-order valence-corrected chi connectivity index (χ3v) is 2.64. The Labute approximate surface area is 105 Å². The molecule has 0 atom stereocenters. The Balaban J connectivity index is 2.16. The lowest BCUT2D eigenvalue weighted by Gasteiger charge is -2.04. The van der Waals surface area contributed by atoms with Crippen molar-refractivity contribution in [1.82, 2.24) is 14.8 Å². The highest BCUT2D eigenvalue weighted by Gasteiger charge is 2.14. The SMILES string of the molecule is CCn1cc(CC(=O)c2cccnc2OC)cn1. The van der Waals surface area contributed by atoms with Gasteiger partial charge in [-0.25, -0.2) is 4.98 Å². The van der Waals surface area contributed by atoms with E-state index in [0.29, 0.717) is 17.9 Å². The van der Waals surface area contributed by atoms with Gasteiger partial charge in [0.2, 0.25) is 5.88 Å². The summed E-state index contributed by atoms with van der Waals surface area (Å²) in [5, 5.41) is 4.14. The van der Waals surface area contributed by atoms with Crippen molar-refractivity contribution in [1.29, 1.82) is 0 Å². The molecule has 0 aliphatic rings. The quantitative estimate of drug-likeness (QED) is 0.753. The van der Waals surface area contributed by atoms with E-state index in [4.69, 9.17) is 4.74 Å². The van der Waals surface area contributed by atoms with E-state index in [9.17, 15) is 4.79 Å². The van der Waals surface area contributed by atoms with Gasteiger partial charge in [0.05, 0.1) is 18.9 Å². The maximum Gasteiger partial charge on any atom is 0.224 e. The third kappa shape index (κ3) is 2.56. The summed E-state index contributed by atoms with van der Waals surface area (Å²) in [4.78, 5) is 16.2. The zero-order valence-electron chi connectivity index (χ0n) is 10.5. The van der Waals surface area contributed by atoms with Crippen molar-refractivity contribution in [3.05, 3.63) is 41.9 Å². The Bertz CT molecular complexity index is 549. The van der Waals surface area contributed by atoms with Crippen LogP contribution in [0.5, 0.6) is 5.88 Å². The van der Waals surface area contributed by atoms with E-state index in [1.807, 2.05) is 13.1 Å². The van der Waals surface area contributed by atoms with Gasteiger partial charge in [-0.1, -0.05) is 0 Å². The van der Waals surface area contributed by atoms with Gasteiger partial charge in [-0.2, -0.15) is 5.10 Å². The summed E-state index contributed by atoms with van der Waals surface area (Å²) >= 11 is 0. The molecule has 0 radical (unpaired) electrons. The summed E-state index contributed by atoms with van der Waals surface area (Å²) in [7, 11) is 1.51. The van der Waals surface area contributed by atoms with Crippen LogP contribution in [0.25, 0.3) is 0 Å². The van der Waals surface area contributed by atoms with Crippen LogP contribution in [0.4, 0.5) is 0 Å². The molecule has 5 nitrogen and oxygen atoms in total. The number of Topliss-reactive ketones (excluding diaryl/α,β-unsaturated/α-hetero) is 1. The fraction of sp³-hybridized carbons (Fsp3) is 0.308. The number of methoxy groups -OCH3 is 1. The number of pyridine rings is 1. The average molecular weight is 245 g/mol. The van der Waals surface area contributed by atoms with Gasteiger partial charge in [0.15, 0.2) is 5.78 Å². The minimum absolute atomic E-state index is 0.0180. The minimum Gasteiger partial charge on any atom is -0.480 e. The molecule has 2 heterocycles. The summed E-state index contributed by atoms with van der Waals surface area (Å²) in [6.07, 6.45) is 5.50. The number of rotatable bonds is 5. The van der Waals surface area contributed by atoms with Crippen LogP contribution in [0.15, 0.2) is 30.7 Å². The number of nitrogens with zero attached hydrogens (tertiary/aromatic N) is 3. The van der Waals surface area contributed by atoms with E-state index in [-0.39, 0.29) is 5.78 Å². The molecular weight excluding hydrogens is 230 g/mol. The first kappa shape index (κ1) is 12.3. The van der Waals surface area contributed by atoms with Gasteiger partial charge < -0.3 is 4.74 Å². The van der Waals surface area contributed by atoms with Crippen molar-refractivity contribution >= 4 is 5.78 Å². The summed E-state index contributed by atoms with van der Waals surface area (Å²) in [6.45, 7) is 2.80. The third-order valence-electron chi connectivity index (χ3n) is 2.64. The molecule has 0 fully saturated rings. The molecule has 0 N–H and O–H groups in total. The second-order valence-corrected chi connectivity index (χ2v) is 3.86. The monoisotopic (exact) mass is 245 g/mol.